The highest BCUT2D eigenvalue weighted by Crippen LogP contribution is 2.42. The lowest BCUT2D eigenvalue weighted by Crippen LogP contribution is -2.26. The number of carbonyl (C=O) groups is 2. The minimum atomic E-state index is -4.36. The molecule has 0 rings (SSSR count). The zero-order valence-corrected chi connectivity index (χ0v) is 25.7. The van der Waals surface area contributed by atoms with Gasteiger partial charge < -0.3 is 20.1 Å². The molecular formula is C29H58NO8P. The predicted octanol–water partition coefficient (Wildman–Crippen LogP) is 6.98. The number of nitrogens with one attached hydrogen (secondary N) is 1. The molecule has 0 saturated carbocycles. The Morgan fingerprint density at radius 1 is 0.718 bits per heavy atom. The monoisotopic (exact) mass is 579 g/mol. The Kier molecular flexibility index (Phi) is 26.5. The molecule has 10 heteroatoms. The van der Waals surface area contributed by atoms with Crippen LogP contribution in [0.25, 0.3) is 0 Å². The third kappa shape index (κ3) is 28.3. The number of rotatable bonds is 29. The first-order valence-electron chi connectivity index (χ1n) is 15.5. The Bertz CT molecular complexity index is 634. The van der Waals surface area contributed by atoms with Crippen LogP contribution in [0, 0.1) is 0 Å². The number of phosphoric acid groups is 1. The number of aliphatic hydroxyl groups is 1. The molecule has 0 spiro atoms. The summed E-state index contributed by atoms with van der Waals surface area (Å²) in [6, 6.07) is 0. The van der Waals surface area contributed by atoms with Crippen LogP contribution in [0.4, 0.5) is 0 Å². The molecule has 2 atom stereocenters. The predicted molar refractivity (Wildman–Crippen MR) is 155 cm³/mol. The molecule has 2 unspecified atom stereocenters. The van der Waals surface area contributed by atoms with Crippen LogP contribution in [-0.4, -0.2) is 54.3 Å². The van der Waals surface area contributed by atoms with Crippen molar-refractivity contribution >= 4 is 19.7 Å². The summed E-state index contributed by atoms with van der Waals surface area (Å²) in [5.41, 5.74) is 0. The molecule has 9 nitrogen and oxygen atoms in total. The number of unbranched alkanes of at least 4 members (excludes halogenated alkanes) is 17. The molecule has 0 heterocycles. The quantitative estimate of drug-likeness (QED) is 0.0491. The maximum absolute atomic E-state index is 11.8. The Hall–Kier alpha value is -0.990. The highest BCUT2D eigenvalue weighted by Gasteiger charge is 2.23. The van der Waals surface area contributed by atoms with Gasteiger partial charge in [0.05, 0.1) is 13.2 Å². The largest absolute Gasteiger partial charge is 0.472 e. The van der Waals surface area contributed by atoms with Crippen molar-refractivity contribution in [2.24, 2.45) is 0 Å². The van der Waals surface area contributed by atoms with Crippen molar-refractivity contribution in [3.8, 4) is 0 Å². The summed E-state index contributed by atoms with van der Waals surface area (Å²) in [6.45, 7) is 2.99. The van der Waals surface area contributed by atoms with E-state index in [9.17, 15) is 24.2 Å². The van der Waals surface area contributed by atoms with Gasteiger partial charge in [0.2, 0.25) is 5.91 Å². The molecule has 39 heavy (non-hydrogen) atoms. The highest BCUT2D eigenvalue weighted by atomic mass is 31.2. The van der Waals surface area contributed by atoms with Gasteiger partial charge in [-0.15, -0.1) is 0 Å². The van der Waals surface area contributed by atoms with E-state index in [0.29, 0.717) is 6.42 Å². The van der Waals surface area contributed by atoms with Crippen LogP contribution < -0.4 is 5.32 Å². The van der Waals surface area contributed by atoms with E-state index < -0.39 is 26.5 Å². The van der Waals surface area contributed by atoms with Gasteiger partial charge in [-0.05, 0) is 6.42 Å². The zero-order chi connectivity index (χ0) is 29.0. The van der Waals surface area contributed by atoms with Crippen molar-refractivity contribution in [1.82, 2.24) is 5.32 Å². The van der Waals surface area contributed by atoms with Crippen LogP contribution >= 0.6 is 7.82 Å². The van der Waals surface area contributed by atoms with Crippen molar-refractivity contribution in [1.29, 1.82) is 0 Å². The average Bonchev–Trinajstić information content (AvgIpc) is 2.92. The maximum atomic E-state index is 11.8. The van der Waals surface area contributed by atoms with Crippen molar-refractivity contribution in [2.45, 2.75) is 148 Å². The molecule has 0 aliphatic rings. The number of hydrogen-bond donors (Lipinski definition) is 3. The van der Waals surface area contributed by atoms with Crippen LogP contribution in [0.15, 0.2) is 0 Å². The minimum absolute atomic E-state index is 0.0696. The smallest absolute Gasteiger partial charge is 0.463 e. The fourth-order valence-electron chi connectivity index (χ4n) is 4.17. The van der Waals surface area contributed by atoms with E-state index in [0.717, 1.165) is 19.3 Å². The number of hydrogen-bond acceptors (Lipinski definition) is 7. The molecule has 0 aromatic heterocycles. The molecule has 0 bridgehead atoms. The Morgan fingerprint density at radius 2 is 1.18 bits per heavy atom. The average molecular weight is 580 g/mol. The molecule has 0 saturated heterocycles. The number of carbonyl (C=O) groups excluding carboxylic acids is 2. The molecule has 0 aliphatic carbocycles. The van der Waals surface area contributed by atoms with Crippen LogP contribution in [0.1, 0.15) is 142 Å². The van der Waals surface area contributed by atoms with Crippen molar-refractivity contribution < 1.29 is 37.9 Å². The first kappa shape index (κ1) is 38.0. The summed E-state index contributed by atoms with van der Waals surface area (Å²) in [7, 11) is -4.36. The zero-order valence-electron chi connectivity index (χ0n) is 24.8. The van der Waals surface area contributed by atoms with Gasteiger partial charge in [0, 0.05) is 19.4 Å². The van der Waals surface area contributed by atoms with E-state index in [1.54, 1.807) is 6.92 Å². The molecule has 1 amide bonds. The standard InChI is InChI=1S/C29H58NO8P/c1-3-5-6-7-8-9-10-11-12-13-14-15-16-17-18-19-20-21-22-29(33)36-25-27(31)26-38-39(34,35)37-24-23-30-28(32)4-2/h27,31H,3-26H2,1-2H3,(H,30,32)(H,34,35). The number of amides is 1. The molecule has 0 aromatic rings. The molecule has 0 radical (unpaired) electrons. The normalized spacial score (nSPS) is 13.6. The Morgan fingerprint density at radius 3 is 1.64 bits per heavy atom. The number of ether oxygens (including phenoxy) is 1. The molecule has 0 aliphatic heterocycles. The minimum Gasteiger partial charge on any atom is -0.463 e. The second-order valence-corrected chi connectivity index (χ2v) is 11.9. The summed E-state index contributed by atoms with van der Waals surface area (Å²) in [6.07, 6.45) is 22.5. The van der Waals surface area contributed by atoms with E-state index >= 15 is 0 Å². The molecule has 3 N–H and O–H groups in total. The topological polar surface area (TPSA) is 131 Å². The van der Waals surface area contributed by atoms with Crippen LogP contribution in [0.3, 0.4) is 0 Å². The van der Waals surface area contributed by atoms with E-state index in [2.05, 4.69) is 12.2 Å². The summed E-state index contributed by atoms with van der Waals surface area (Å²) in [4.78, 5) is 32.5. The number of esters is 1. The number of aliphatic hydroxyl groups excluding tert-OH is 1. The molecular weight excluding hydrogens is 521 g/mol. The van der Waals surface area contributed by atoms with Crippen LogP contribution in [0.2, 0.25) is 0 Å². The van der Waals surface area contributed by atoms with E-state index in [4.69, 9.17) is 13.8 Å². The van der Waals surface area contributed by atoms with E-state index in [1.165, 1.54) is 96.3 Å². The lowest BCUT2D eigenvalue weighted by Gasteiger charge is -2.15. The van der Waals surface area contributed by atoms with Gasteiger partial charge in [-0.3, -0.25) is 18.6 Å². The van der Waals surface area contributed by atoms with Crippen molar-refractivity contribution in [3.05, 3.63) is 0 Å². The van der Waals surface area contributed by atoms with Crippen molar-refractivity contribution in [3.63, 3.8) is 0 Å². The highest BCUT2D eigenvalue weighted by molar-refractivity contribution is 7.47. The van der Waals surface area contributed by atoms with Gasteiger partial charge in [-0.25, -0.2) is 4.57 Å². The van der Waals surface area contributed by atoms with Gasteiger partial charge in [0.1, 0.15) is 12.7 Å². The first-order chi connectivity index (χ1) is 18.8. The second kappa shape index (κ2) is 27.2. The lowest BCUT2D eigenvalue weighted by atomic mass is 10.0. The molecule has 232 valence electrons. The van der Waals surface area contributed by atoms with Crippen LogP contribution in [-0.2, 0) is 27.9 Å². The SMILES string of the molecule is CCCCCCCCCCCCCCCCCCCCC(=O)OCC(O)COP(=O)(O)OCCNC(=O)CC. The van der Waals surface area contributed by atoms with E-state index in [-0.39, 0.29) is 32.1 Å². The van der Waals surface area contributed by atoms with Gasteiger partial charge in [0.15, 0.2) is 0 Å². The molecule has 0 aromatic carbocycles. The summed E-state index contributed by atoms with van der Waals surface area (Å²) >= 11 is 0. The van der Waals surface area contributed by atoms with Gasteiger partial charge >= 0.3 is 13.8 Å². The molecule has 0 fully saturated rings. The second-order valence-electron chi connectivity index (χ2n) is 10.4. The maximum Gasteiger partial charge on any atom is 0.472 e. The summed E-state index contributed by atoms with van der Waals surface area (Å²) in [5, 5.41) is 12.3. The third-order valence-corrected chi connectivity index (χ3v) is 7.59. The van der Waals surface area contributed by atoms with E-state index in [1.807, 2.05) is 0 Å². The number of phosphoric ester groups is 1. The van der Waals surface area contributed by atoms with Gasteiger partial charge in [-0.1, -0.05) is 123 Å². The Balaban J connectivity index is 3.47. The fourth-order valence-corrected chi connectivity index (χ4v) is 4.93. The Labute approximate surface area is 237 Å². The fraction of sp³-hybridized carbons (Fsp3) is 0.931. The van der Waals surface area contributed by atoms with Crippen LogP contribution in [0.5, 0.6) is 0 Å². The van der Waals surface area contributed by atoms with Crippen molar-refractivity contribution in [2.75, 3.05) is 26.4 Å². The first-order valence-corrected chi connectivity index (χ1v) is 17.0. The summed E-state index contributed by atoms with van der Waals surface area (Å²) in [5.74, 6) is -0.602. The lowest BCUT2D eigenvalue weighted by molar-refractivity contribution is -0.147. The third-order valence-electron chi connectivity index (χ3n) is 6.60. The van der Waals surface area contributed by atoms with Gasteiger partial charge in [-0.2, -0.15) is 0 Å². The summed E-state index contributed by atoms with van der Waals surface area (Å²) < 4.78 is 26.1. The van der Waals surface area contributed by atoms with Gasteiger partial charge in [0.25, 0.3) is 0 Å².